The summed E-state index contributed by atoms with van der Waals surface area (Å²) in [6, 6.07) is -0.723. The van der Waals surface area contributed by atoms with E-state index in [4.69, 9.17) is 16.6 Å². The van der Waals surface area contributed by atoms with E-state index < -0.39 is 17.9 Å². The van der Waals surface area contributed by atoms with Crippen LogP contribution in [0, 0.1) is 0 Å². The van der Waals surface area contributed by atoms with E-state index in [1.165, 1.54) is 4.68 Å². The first-order valence-electron chi connectivity index (χ1n) is 4.69. The van der Waals surface area contributed by atoms with E-state index in [0.717, 1.165) is 0 Å². The highest BCUT2D eigenvalue weighted by atomic mass is 16.4. The van der Waals surface area contributed by atoms with Gasteiger partial charge in [0.05, 0.1) is 5.69 Å². The van der Waals surface area contributed by atoms with Crippen LogP contribution in [-0.2, 0) is 11.3 Å². The van der Waals surface area contributed by atoms with E-state index in [0.29, 0.717) is 6.42 Å². The number of hydrogen-bond acceptors (Lipinski definition) is 5. The summed E-state index contributed by atoms with van der Waals surface area (Å²) in [5.41, 5.74) is 10.5. The molecule has 16 heavy (non-hydrogen) atoms. The van der Waals surface area contributed by atoms with E-state index in [1.807, 2.05) is 0 Å². The highest BCUT2D eigenvalue weighted by Gasteiger charge is 2.24. The Morgan fingerprint density at radius 3 is 2.56 bits per heavy atom. The molecule has 0 aliphatic rings. The zero-order valence-electron chi connectivity index (χ0n) is 8.75. The number of carbonyl (C=O) groups is 2. The zero-order valence-corrected chi connectivity index (χ0v) is 8.75. The third kappa shape index (κ3) is 2.01. The van der Waals surface area contributed by atoms with E-state index in [1.54, 1.807) is 6.92 Å². The maximum Gasteiger partial charge on any atom is 0.358 e. The molecule has 1 atom stereocenters. The van der Waals surface area contributed by atoms with Gasteiger partial charge < -0.3 is 16.6 Å². The second-order valence-corrected chi connectivity index (χ2v) is 3.17. The lowest BCUT2D eigenvalue weighted by molar-refractivity contribution is -0.121. The molecular weight excluding hydrogens is 214 g/mol. The van der Waals surface area contributed by atoms with Gasteiger partial charge >= 0.3 is 5.97 Å². The number of hydrogen-bond donors (Lipinski definition) is 3. The van der Waals surface area contributed by atoms with Crippen LogP contribution in [0.25, 0.3) is 0 Å². The van der Waals surface area contributed by atoms with Gasteiger partial charge in [-0.1, -0.05) is 12.1 Å². The van der Waals surface area contributed by atoms with Gasteiger partial charge in [-0.15, -0.1) is 5.10 Å². The fourth-order valence-electron chi connectivity index (χ4n) is 1.41. The molecule has 0 aliphatic carbocycles. The van der Waals surface area contributed by atoms with Gasteiger partial charge in [0.1, 0.15) is 6.04 Å². The van der Waals surface area contributed by atoms with Crippen molar-refractivity contribution in [1.82, 2.24) is 15.0 Å². The summed E-state index contributed by atoms with van der Waals surface area (Å²) in [5, 5.41) is 15.9. The molecule has 8 heteroatoms. The Balaban J connectivity index is 3.23. The van der Waals surface area contributed by atoms with Crippen molar-refractivity contribution in [1.29, 1.82) is 0 Å². The second-order valence-electron chi connectivity index (χ2n) is 3.17. The van der Waals surface area contributed by atoms with Crippen LogP contribution < -0.4 is 11.5 Å². The molecule has 1 unspecified atom stereocenters. The Labute approximate surface area is 91.2 Å². The van der Waals surface area contributed by atoms with Crippen molar-refractivity contribution in [2.75, 3.05) is 0 Å². The molecule has 8 nitrogen and oxygen atoms in total. The summed E-state index contributed by atoms with van der Waals surface area (Å²) in [6.07, 6.45) is 0.394. The molecule has 5 N–H and O–H groups in total. The molecule has 0 saturated carbocycles. The van der Waals surface area contributed by atoms with Crippen molar-refractivity contribution in [3.05, 3.63) is 11.4 Å². The van der Waals surface area contributed by atoms with Crippen LogP contribution in [0.3, 0.4) is 0 Å². The van der Waals surface area contributed by atoms with Crippen molar-refractivity contribution in [3.63, 3.8) is 0 Å². The van der Waals surface area contributed by atoms with Crippen molar-refractivity contribution in [2.24, 2.45) is 11.5 Å². The smallest absolute Gasteiger partial charge is 0.358 e. The molecule has 1 amide bonds. The Kier molecular flexibility index (Phi) is 3.56. The molecule has 0 radical (unpaired) electrons. The van der Waals surface area contributed by atoms with Crippen molar-refractivity contribution < 1.29 is 14.7 Å². The van der Waals surface area contributed by atoms with Gasteiger partial charge in [0.15, 0.2) is 5.69 Å². The first-order valence-corrected chi connectivity index (χ1v) is 4.69. The minimum atomic E-state index is -1.23. The third-order valence-corrected chi connectivity index (χ3v) is 2.20. The topological polar surface area (TPSA) is 137 Å². The Bertz CT molecular complexity index is 414. The fourth-order valence-corrected chi connectivity index (χ4v) is 1.41. The molecule has 0 fully saturated rings. The summed E-state index contributed by atoms with van der Waals surface area (Å²) >= 11 is 0. The minimum Gasteiger partial charge on any atom is -0.476 e. The van der Waals surface area contributed by atoms with E-state index >= 15 is 0 Å². The first kappa shape index (κ1) is 12.1. The number of primary amides is 1. The molecule has 0 bridgehead atoms. The van der Waals surface area contributed by atoms with Gasteiger partial charge in [0, 0.05) is 6.54 Å². The number of carboxylic acids is 1. The second kappa shape index (κ2) is 4.71. The molecule has 0 spiro atoms. The summed E-state index contributed by atoms with van der Waals surface area (Å²) in [6.45, 7) is 1.66. The van der Waals surface area contributed by atoms with E-state index in [2.05, 4.69) is 10.3 Å². The molecule has 1 aromatic rings. The van der Waals surface area contributed by atoms with Crippen LogP contribution in [0.2, 0.25) is 0 Å². The SMILES string of the molecule is CCC(C(N)=O)n1nnc(C(=O)O)c1CN. The zero-order chi connectivity index (χ0) is 12.3. The molecule has 1 rings (SSSR count). The van der Waals surface area contributed by atoms with Gasteiger partial charge in [-0.25, -0.2) is 9.48 Å². The molecule has 88 valence electrons. The lowest BCUT2D eigenvalue weighted by atomic mass is 10.2. The number of nitrogens with zero attached hydrogens (tertiary/aromatic N) is 3. The summed E-state index contributed by atoms with van der Waals surface area (Å²) in [7, 11) is 0. The van der Waals surface area contributed by atoms with E-state index in [9.17, 15) is 9.59 Å². The lowest BCUT2D eigenvalue weighted by Crippen LogP contribution is -2.29. The molecule has 1 aromatic heterocycles. The van der Waals surface area contributed by atoms with Crippen LogP contribution in [-0.4, -0.2) is 32.0 Å². The van der Waals surface area contributed by atoms with Gasteiger partial charge in [0.25, 0.3) is 0 Å². The third-order valence-electron chi connectivity index (χ3n) is 2.20. The number of amides is 1. The number of aromatic carboxylic acids is 1. The molecular formula is C8H13N5O3. The molecule has 0 saturated heterocycles. The summed E-state index contributed by atoms with van der Waals surface area (Å²) in [5.74, 6) is -1.83. The van der Waals surface area contributed by atoms with Gasteiger partial charge in [0.2, 0.25) is 5.91 Å². The van der Waals surface area contributed by atoms with Crippen LogP contribution in [0.1, 0.15) is 35.6 Å². The first-order chi connectivity index (χ1) is 7.52. The van der Waals surface area contributed by atoms with Crippen LogP contribution in [0.5, 0.6) is 0 Å². The largest absolute Gasteiger partial charge is 0.476 e. The van der Waals surface area contributed by atoms with Crippen molar-refractivity contribution in [2.45, 2.75) is 25.9 Å². The van der Waals surface area contributed by atoms with Crippen LogP contribution >= 0.6 is 0 Å². The minimum absolute atomic E-state index is 0.0710. The van der Waals surface area contributed by atoms with Crippen LogP contribution in [0.15, 0.2) is 0 Å². The Morgan fingerprint density at radius 1 is 1.56 bits per heavy atom. The monoisotopic (exact) mass is 227 g/mol. The van der Waals surface area contributed by atoms with Crippen LogP contribution in [0.4, 0.5) is 0 Å². The standard InChI is InChI=1S/C8H13N5O3/c1-2-4(7(10)14)13-5(3-9)6(8(15)16)11-12-13/h4H,2-3,9H2,1H3,(H2,10,14)(H,15,16). The van der Waals surface area contributed by atoms with Gasteiger partial charge in [-0.3, -0.25) is 4.79 Å². The molecule has 0 aliphatic heterocycles. The average molecular weight is 227 g/mol. The van der Waals surface area contributed by atoms with Gasteiger partial charge in [-0.05, 0) is 6.42 Å². The number of carboxylic acid groups (broad SMARTS) is 1. The van der Waals surface area contributed by atoms with E-state index in [-0.39, 0.29) is 17.9 Å². The Morgan fingerprint density at radius 2 is 2.19 bits per heavy atom. The fraction of sp³-hybridized carbons (Fsp3) is 0.500. The highest BCUT2D eigenvalue weighted by molar-refractivity contribution is 5.86. The van der Waals surface area contributed by atoms with Crippen molar-refractivity contribution >= 4 is 11.9 Å². The number of carbonyl (C=O) groups excluding carboxylic acids is 1. The quantitative estimate of drug-likeness (QED) is 0.582. The maximum absolute atomic E-state index is 11.1. The van der Waals surface area contributed by atoms with Crippen molar-refractivity contribution in [3.8, 4) is 0 Å². The lowest BCUT2D eigenvalue weighted by Gasteiger charge is -2.13. The number of aromatic nitrogens is 3. The Hall–Kier alpha value is -1.96. The summed E-state index contributed by atoms with van der Waals surface area (Å²) in [4.78, 5) is 21.9. The average Bonchev–Trinajstić information content (AvgIpc) is 2.62. The van der Waals surface area contributed by atoms with Gasteiger partial charge in [-0.2, -0.15) is 0 Å². The predicted octanol–water partition coefficient (Wildman–Crippen LogP) is -1.13. The number of nitrogens with two attached hydrogens (primary N) is 2. The molecule has 1 heterocycles. The maximum atomic E-state index is 11.1. The molecule has 0 aromatic carbocycles. The number of rotatable bonds is 5. The predicted molar refractivity (Wildman–Crippen MR) is 53.4 cm³/mol. The highest BCUT2D eigenvalue weighted by Crippen LogP contribution is 2.14. The normalized spacial score (nSPS) is 12.4. The summed E-state index contributed by atoms with van der Waals surface area (Å²) < 4.78 is 1.17.